The largest absolute Gasteiger partial charge is 0.300 e. The van der Waals surface area contributed by atoms with E-state index in [1.807, 2.05) is 17.5 Å². The summed E-state index contributed by atoms with van der Waals surface area (Å²) in [5.74, 6) is 0.361. The highest BCUT2D eigenvalue weighted by Gasteiger charge is 2.15. The van der Waals surface area contributed by atoms with E-state index in [2.05, 4.69) is 38.7 Å². The van der Waals surface area contributed by atoms with Gasteiger partial charge in [-0.1, -0.05) is 23.7 Å². The number of benzene rings is 2. The third-order valence-corrected chi connectivity index (χ3v) is 6.88. The molecule has 32 heavy (non-hydrogen) atoms. The topological polar surface area (TPSA) is 75.6 Å². The van der Waals surface area contributed by atoms with Crippen molar-refractivity contribution in [1.29, 1.82) is 0 Å². The molecule has 4 aromatic rings. The average molecular weight is 482 g/mol. The SMILES string of the molecule is O=C(Cn1c(-c2ccc(Cl)cc2)n[nH]c1=S)Nc1nc(-c2ccc3c(c2)CCCC3)cs1. The first-order chi connectivity index (χ1) is 15.6. The molecule has 0 fully saturated rings. The Morgan fingerprint density at radius 3 is 2.69 bits per heavy atom. The van der Waals surface area contributed by atoms with Gasteiger partial charge in [0.15, 0.2) is 15.7 Å². The van der Waals surface area contributed by atoms with Crippen LogP contribution in [0, 0.1) is 4.77 Å². The number of hydrogen-bond acceptors (Lipinski definition) is 5. The number of nitrogens with zero attached hydrogens (tertiary/aromatic N) is 3. The molecule has 0 atom stereocenters. The minimum absolute atomic E-state index is 0.0288. The lowest BCUT2D eigenvalue weighted by atomic mass is 9.90. The molecule has 0 radical (unpaired) electrons. The van der Waals surface area contributed by atoms with Crippen molar-refractivity contribution in [2.24, 2.45) is 0 Å². The monoisotopic (exact) mass is 481 g/mol. The van der Waals surface area contributed by atoms with Crippen LogP contribution in [0.5, 0.6) is 0 Å². The Balaban J connectivity index is 1.31. The summed E-state index contributed by atoms with van der Waals surface area (Å²) >= 11 is 12.7. The van der Waals surface area contributed by atoms with Gasteiger partial charge in [0, 0.05) is 21.5 Å². The average Bonchev–Trinajstić information content (AvgIpc) is 3.41. The van der Waals surface area contributed by atoms with Crippen LogP contribution in [0.3, 0.4) is 0 Å². The van der Waals surface area contributed by atoms with E-state index in [9.17, 15) is 4.79 Å². The van der Waals surface area contributed by atoms with Crippen molar-refractivity contribution in [2.75, 3.05) is 5.32 Å². The van der Waals surface area contributed by atoms with Crippen LogP contribution in [0.1, 0.15) is 24.0 Å². The van der Waals surface area contributed by atoms with E-state index in [4.69, 9.17) is 23.8 Å². The molecule has 0 aliphatic heterocycles. The summed E-state index contributed by atoms with van der Waals surface area (Å²) in [5.41, 5.74) is 5.64. The number of fused-ring (bicyclic) bond motifs is 1. The smallest absolute Gasteiger partial charge is 0.246 e. The van der Waals surface area contributed by atoms with Crippen molar-refractivity contribution < 1.29 is 4.79 Å². The number of halogens is 1. The number of carbonyl (C=O) groups is 1. The van der Waals surface area contributed by atoms with Crippen molar-refractivity contribution in [1.82, 2.24) is 19.7 Å². The molecule has 0 saturated carbocycles. The van der Waals surface area contributed by atoms with Crippen LogP contribution in [0.2, 0.25) is 5.02 Å². The summed E-state index contributed by atoms with van der Waals surface area (Å²) in [6.45, 7) is 0.0288. The molecule has 0 bridgehead atoms. The Kier molecular flexibility index (Phi) is 5.91. The fourth-order valence-electron chi connectivity index (χ4n) is 3.94. The molecule has 6 nitrogen and oxygen atoms in total. The van der Waals surface area contributed by atoms with Crippen molar-refractivity contribution in [3.05, 3.63) is 68.8 Å². The third-order valence-electron chi connectivity index (χ3n) is 5.56. The van der Waals surface area contributed by atoms with Crippen LogP contribution in [-0.4, -0.2) is 25.7 Å². The number of anilines is 1. The summed E-state index contributed by atoms with van der Waals surface area (Å²) in [5, 5.41) is 13.1. The van der Waals surface area contributed by atoms with Gasteiger partial charge >= 0.3 is 0 Å². The number of aryl methyl sites for hydroxylation is 2. The van der Waals surface area contributed by atoms with Gasteiger partial charge < -0.3 is 5.32 Å². The van der Waals surface area contributed by atoms with Gasteiger partial charge in [-0.25, -0.2) is 4.98 Å². The molecular formula is C23H20ClN5OS2. The highest BCUT2D eigenvalue weighted by atomic mass is 35.5. The second-order valence-electron chi connectivity index (χ2n) is 7.72. The van der Waals surface area contributed by atoms with Crippen molar-refractivity contribution in [2.45, 2.75) is 32.2 Å². The van der Waals surface area contributed by atoms with Crippen LogP contribution in [-0.2, 0) is 24.2 Å². The lowest BCUT2D eigenvalue weighted by Crippen LogP contribution is -2.19. The Morgan fingerprint density at radius 1 is 1.12 bits per heavy atom. The van der Waals surface area contributed by atoms with Gasteiger partial charge in [0.25, 0.3) is 0 Å². The number of thiazole rings is 1. The minimum atomic E-state index is -0.218. The molecule has 0 saturated heterocycles. The quantitative estimate of drug-likeness (QED) is 0.348. The fraction of sp³-hybridized carbons (Fsp3) is 0.217. The van der Waals surface area contributed by atoms with E-state index < -0.39 is 0 Å². The molecule has 1 aliphatic rings. The van der Waals surface area contributed by atoms with Crippen molar-refractivity contribution in [3.8, 4) is 22.6 Å². The maximum absolute atomic E-state index is 12.7. The van der Waals surface area contributed by atoms with E-state index in [1.165, 1.54) is 35.3 Å². The third kappa shape index (κ3) is 4.39. The number of nitrogens with one attached hydrogen (secondary N) is 2. The minimum Gasteiger partial charge on any atom is -0.300 e. The van der Waals surface area contributed by atoms with E-state index in [-0.39, 0.29) is 12.5 Å². The molecule has 2 aromatic heterocycles. The molecule has 9 heteroatoms. The van der Waals surface area contributed by atoms with Gasteiger partial charge in [-0.2, -0.15) is 5.10 Å². The summed E-state index contributed by atoms with van der Waals surface area (Å²) in [4.78, 5) is 17.4. The zero-order chi connectivity index (χ0) is 22.1. The number of aromatic nitrogens is 4. The highest BCUT2D eigenvalue weighted by molar-refractivity contribution is 7.71. The summed E-state index contributed by atoms with van der Waals surface area (Å²) < 4.78 is 2.03. The maximum Gasteiger partial charge on any atom is 0.246 e. The predicted molar refractivity (Wildman–Crippen MR) is 131 cm³/mol. The lowest BCUT2D eigenvalue weighted by molar-refractivity contribution is -0.116. The molecular weight excluding hydrogens is 462 g/mol. The van der Waals surface area contributed by atoms with Gasteiger partial charge in [-0.3, -0.25) is 14.5 Å². The van der Waals surface area contributed by atoms with Crippen LogP contribution in [0.4, 0.5) is 5.13 Å². The maximum atomic E-state index is 12.7. The zero-order valence-corrected chi connectivity index (χ0v) is 19.5. The van der Waals surface area contributed by atoms with Gasteiger partial charge in [-0.05, 0) is 79.4 Å². The van der Waals surface area contributed by atoms with Crippen molar-refractivity contribution in [3.63, 3.8) is 0 Å². The first kappa shape index (κ1) is 21.1. The second-order valence-corrected chi connectivity index (χ2v) is 9.40. The molecule has 1 aliphatic carbocycles. The van der Waals surface area contributed by atoms with Crippen LogP contribution in [0.25, 0.3) is 22.6 Å². The Hall–Kier alpha value is -2.81. The molecule has 2 N–H and O–H groups in total. The van der Waals surface area contributed by atoms with Crippen LogP contribution >= 0.6 is 35.2 Å². The number of carbonyl (C=O) groups excluding carboxylic acids is 1. The molecule has 162 valence electrons. The molecule has 5 rings (SSSR count). The van der Waals surface area contributed by atoms with E-state index >= 15 is 0 Å². The van der Waals surface area contributed by atoms with Gasteiger partial charge in [0.1, 0.15) is 6.54 Å². The van der Waals surface area contributed by atoms with Gasteiger partial charge in [0.05, 0.1) is 5.69 Å². The molecule has 2 aromatic carbocycles. The fourth-order valence-corrected chi connectivity index (χ4v) is 5.00. The Bertz CT molecular complexity index is 1340. The standard InChI is InChI=1S/C23H20ClN5OS2/c24-18-9-7-15(8-10-18)21-27-28-23(31)29(21)12-20(30)26-22-25-19(13-32-22)17-6-5-14-3-1-2-4-16(14)11-17/h5-11,13H,1-4,12H2,(H,28,31)(H,25,26,30). The normalized spacial score (nSPS) is 13.0. The van der Waals surface area contributed by atoms with E-state index in [0.29, 0.717) is 20.7 Å². The van der Waals surface area contributed by atoms with Gasteiger partial charge in [-0.15, -0.1) is 11.3 Å². The van der Waals surface area contributed by atoms with Crippen molar-refractivity contribution >= 4 is 46.2 Å². The van der Waals surface area contributed by atoms with E-state index in [1.54, 1.807) is 16.7 Å². The van der Waals surface area contributed by atoms with Gasteiger partial charge in [0.2, 0.25) is 5.91 Å². The number of aromatic amines is 1. The summed E-state index contributed by atoms with van der Waals surface area (Å²) in [7, 11) is 0. The summed E-state index contributed by atoms with van der Waals surface area (Å²) in [6, 6.07) is 13.8. The van der Waals surface area contributed by atoms with Crippen LogP contribution in [0.15, 0.2) is 47.8 Å². The van der Waals surface area contributed by atoms with E-state index in [0.717, 1.165) is 29.7 Å². The predicted octanol–water partition coefficient (Wildman–Crippen LogP) is 5.90. The first-order valence-electron chi connectivity index (χ1n) is 10.4. The Labute approximate surface area is 199 Å². The molecule has 2 heterocycles. The molecule has 1 amide bonds. The summed E-state index contributed by atoms with van der Waals surface area (Å²) in [6.07, 6.45) is 4.78. The highest BCUT2D eigenvalue weighted by Crippen LogP contribution is 2.29. The molecule has 0 unspecified atom stereocenters. The lowest BCUT2D eigenvalue weighted by Gasteiger charge is -2.16. The number of amides is 1. The number of rotatable bonds is 5. The number of H-pyrrole nitrogens is 1. The van der Waals surface area contributed by atoms with Crippen LogP contribution < -0.4 is 5.32 Å². The molecule has 0 spiro atoms. The first-order valence-corrected chi connectivity index (χ1v) is 12.0. The second kappa shape index (κ2) is 8.97. The zero-order valence-electron chi connectivity index (χ0n) is 17.1. The number of hydrogen-bond donors (Lipinski definition) is 2. The Morgan fingerprint density at radius 2 is 1.88 bits per heavy atom.